The minimum absolute atomic E-state index is 0.0307. The Morgan fingerprint density at radius 2 is 2.00 bits per heavy atom. The van der Waals surface area contributed by atoms with Gasteiger partial charge in [0.15, 0.2) is 0 Å². The van der Waals surface area contributed by atoms with Crippen molar-refractivity contribution in [3.8, 4) is 0 Å². The first kappa shape index (κ1) is 16.8. The Morgan fingerprint density at radius 3 is 2.64 bits per heavy atom. The second-order valence-electron chi connectivity index (χ2n) is 6.01. The van der Waals surface area contributed by atoms with E-state index in [2.05, 4.69) is 39.8 Å². The molecule has 0 saturated carbocycles. The van der Waals surface area contributed by atoms with Gasteiger partial charge in [0.1, 0.15) is 0 Å². The molecule has 1 saturated heterocycles. The summed E-state index contributed by atoms with van der Waals surface area (Å²) in [5.74, 6) is 0. The number of likely N-dealkylation sites (tertiary alicyclic amines) is 1. The Balaban J connectivity index is 1.67. The largest absolute Gasteiger partial charge is 0.383 e. The van der Waals surface area contributed by atoms with E-state index in [9.17, 15) is 4.79 Å². The third-order valence-electron chi connectivity index (χ3n) is 3.97. The van der Waals surface area contributed by atoms with Gasteiger partial charge in [0.25, 0.3) is 0 Å². The Kier molecular flexibility index (Phi) is 6.68. The van der Waals surface area contributed by atoms with Crippen LogP contribution in [0.25, 0.3) is 0 Å². The molecule has 1 atom stereocenters. The standard InChI is InChI=1S/C17H27N3O2/c1-14(13-22-2)18-17(21)19-16-8-10-20(11-9-16)12-15-6-4-3-5-7-15/h3-7,14,16H,8-13H2,1-2H3,(H2,18,19,21). The Hall–Kier alpha value is -1.59. The number of hydrogen-bond acceptors (Lipinski definition) is 3. The number of amides is 2. The number of ether oxygens (including phenoxy) is 1. The van der Waals surface area contributed by atoms with E-state index in [-0.39, 0.29) is 18.1 Å². The summed E-state index contributed by atoms with van der Waals surface area (Å²) in [7, 11) is 1.64. The van der Waals surface area contributed by atoms with Gasteiger partial charge in [-0.1, -0.05) is 30.3 Å². The van der Waals surface area contributed by atoms with Gasteiger partial charge in [0.2, 0.25) is 0 Å². The number of rotatable bonds is 6. The number of urea groups is 1. The lowest BCUT2D eigenvalue weighted by Gasteiger charge is -2.32. The highest BCUT2D eigenvalue weighted by Crippen LogP contribution is 2.13. The van der Waals surface area contributed by atoms with Crippen molar-refractivity contribution < 1.29 is 9.53 Å². The van der Waals surface area contributed by atoms with E-state index in [1.807, 2.05) is 13.0 Å². The Morgan fingerprint density at radius 1 is 1.32 bits per heavy atom. The van der Waals surface area contributed by atoms with Crippen LogP contribution in [0.5, 0.6) is 0 Å². The molecule has 0 aromatic heterocycles. The second-order valence-corrected chi connectivity index (χ2v) is 6.01. The molecule has 0 radical (unpaired) electrons. The van der Waals surface area contributed by atoms with E-state index in [4.69, 9.17) is 4.74 Å². The predicted molar refractivity (Wildman–Crippen MR) is 87.7 cm³/mol. The van der Waals surface area contributed by atoms with Crippen LogP contribution in [0.3, 0.4) is 0 Å². The fraction of sp³-hybridized carbons (Fsp3) is 0.588. The zero-order valence-electron chi connectivity index (χ0n) is 13.5. The first-order chi connectivity index (χ1) is 10.7. The van der Waals surface area contributed by atoms with Crippen molar-refractivity contribution in [2.45, 2.75) is 38.4 Å². The molecule has 22 heavy (non-hydrogen) atoms. The molecule has 1 unspecified atom stereocenters. The van der Waals surface area contributed by atoms with Crippen molar-refractivity contribution in [3.05, 3.63) is 35.9 Å². The average molecular weight is 305 g/mol. The highest BCUT2D eigenvalue weighted by atomic mass is 16.5. The number of carbonyl (C=O) groups is 1. The quantitative estimate of drug-likeness (QED) is 0.845. The van der Waals surface area contributed by atoms with Crippen LogP contribution >= 0.6 is 0 Å². The Labute approximate surface area is 133 Å². The van der Waals surface area contributed by atoms with E-state index in [0.29, 0.717) is 6.61 Å². The minimum atomic E-state index is -0.0916. The molecule has 5 heteroatoms. The van der Waals surface area contributed by atoms with Crippen LogP contribution in [-0.2, 0) is 11.3 Å². The van der Waals surface area contributed by atoms with E-state index in [1.165, 1.54) is 5.56 Å². The van der Waals surface area contributed by atoms with Gasteiger partial charge in [-0.2, -0.15) is 0 Å². The SMILES string of the molecule is COCC(C)NC(=O)NC1CCN(Cc2ccccc2)CC1. The summed E-state index contributed by atoms with van der Waals surface area (Å²) in [6.45, 7) is 5.50. The van der Waals surface area contributed by atoms with E-state index in [1.54, 1.807) is 7.11 Å². The summed E-state index contributed by atoms with van der Waals surface area (Å²) in [4.78, 5) is 14.3. The van der Waals surface area contributed by atoms with Crippen LogP contribution in [-0.4, -0.2) is 49.8 Å². The molecule has 0 spiro atoms. The Bertz CT molecular complexity index is 444. The first-order valence-electron chi connectivity index (χ1n) is 7.99. The number of hydrogen-bond donors (Lipinski definition) is 2. The summed E-state index contributed by atoms with van der Waals surface area (Å²) >= 11 is 0. The van der Waals surface area contributed by atoms with Crippen LogP contribution in [0.1, 0.15) is 25.3 Å². The molecule has 2 amide bonds. The molecule has 2 N–H and O–H groups in total. The smallest absolute Gasteiger partial charge is 0.315 e. The molecular weight excluding hydrogens is 278 g/mol. The van der Waals surface area contributed by atoms with E-state index < -0.39 is 0 Å². The minimum Gasteiger partial charge on any atom is -0.383 e. The maximum absolute atomic E-state index is 11.9. The van der Waals surface area contributed by atoms with Gasteiger partial charge < -0.3 is 15.4 Å². The molecule has 1 aliphatic rings. The molecular formula is C17H27N3O2. The fourth-order valence-corrected chi connectivity index (χ4v) is 2.82. The third kappa shape index (κ3) is 5.66. The van der Waals surface area contributed by atoms with Gasteiger partial charge in [-0.25, -0.2) is 4.79 Å². The normalized spacial score (nSPS) is 17.9. The van der Waals surface area contributed by atoms with Crippen molar-refractivity contribution in [2.24, 2.45) is 0 Å². The highest BCUT2D eigenvalue weighted by molar-refractivity contribution is 5.74. The summed E-state index contributed by atoms with van der Waals surface area (Å²) in [5, 5.41) is 5.95. The number of carbonyl (C=O) groups excluding carboxylic acids is 1. The monoisotopic (exact) mass is 305 g/mol. The van der Waals surface area contributed by atoms with Crippen LogP contribution < -0.4 is 10.6 Å². The van der Waals surface area contributed by atoms with Crippen LogP contribution in [0.15, 0.2) is 30.3 Å². The number of nitrogens with zero attached hydrogens (tertiary/aromatic N) is 1. The molecule has 1 aromatic carbocycles. The summed E-state index contributed by atoms with van der Waals surface area (Å²) < 4.78 is 5.02. The van der Waals surface area contributed by atoms with Crippen LogP contribution in [0, 0.1) is 0 Å². The lowest BCUT2D eigenvalue weighted by molar-refractivity contribution is 0.165. The van der Waals surface area contributed by atoms with Gasteiger partial charge >= 0.3 is 6.03 Å². The van der Waals surface area contributed by atoms with Gasteiger partial charge in [0, 0.05) is 32.8 Å². The average Bonchev–Trinajstić information content (AvgIpc) is 2.50. The molecule has 1 aliphatic heterocycles. The topological polar surface area (TPSA) is 53.6 Å². The van der Waals surface area contributed by atoms with Crippen LogP contribution in [0.4, 0.5) is 4.79 Å². The van der Waals surface area contributed by atoms with Gasteiger partial charge in [-0.15, -0.1) is 0 Å². The molecule has 5 nitrogen and oxygen atoms in total. The second kappa shape index (κ2) is 8.76. The predicted octanol–water partition coefficient (Wildman–Crippen LogP) is 1.99. The number of methoxy groups -OCH3 is 1. The van der Waals surface area contributed by atoms with E-state index >= 15 is 0 Å². The maximum atomic E-state index is 11.9. The molecule has 1 aromatic rings. The van der Waals surface area contributed by atoms with Crippen molar-refractivity contribution in [1.82, 2.24) is 15.5 Å². The molecule has 2 rings (SSSR count). The summed E-state index contributed by atoms with van der Waals surface area (Å²) in [5.41, 5.74) is 1.35. The summed E-state index contributed by atoms with van der Waals surface area (Å²) in [6, 6.07) is 10.7. The fourth-order valence-electron chi connectivity index (χ4n) is 2.82. The summed E-state index contributed by atoms with van der Waals surface area (Å²) in [6.07, 6.45) is 2.00. The molecule has 1 fully saturated rings. The molecule has 0 aliphatic carbocycles. The number of nitrogens with one attached hydrogen (secondary N) is 2. The van der Waals surface area contributed by atoms with Gasteiger partial charge in [-0.05, 0) is 25.3 Å². The number of benzene rings is 1. The van der Waals surface area contributed by atoms with Crippen LogP contribution in [0.2, 0.25) is 0 Å². The van der Waals surface area contributed by atoms with Gasteiger partial charge in [0.05, 0.1) is 12.6 Å². The molecule has 1 heterocycles. The molecule has 122 valence electrons. The molecule has 0 bridgehead atoms. The van der Waals surface area contributed by atoms with Gasteiger partial charge in [-0.3, -0.25) is 4.90 Å². The van der Waals surface area contributed by atoms with Crippen molar-refractivity contribution in [3.63, 3.8) is 0 Å². The van der Waals surface area contributed by atoms with Crippen molar-refractivity contribution >= 4 is 6.03 Å². The third-order valence-corrected chi connectivity index (χ3v) is 3.97. The maximum Gasteiger partial charge on any atom is 0.315 e. The van der Waals surface area contributed by atoms with E-state index in [0.717, 1.165) is 32.5 Å². The zero-order valence-corrected chi connectivity index (χ0v) is 13.5. The zero-order chi connectivity index (χ0) is 15.8. The first-order valence-corrected chi connectivity index (χ1v) is 7.99. The number of piperidine rings is 1. The highest BCUT2D eigenvalue weighted by Gasteiger charge is 2.21. The van der Waals surface area contributed by atoms with Crippen molar-refractivity contribution in [2.75, 3.05) is 26.8 Å². The van der Waals surface area contributed by atoms with Crippen molar-refractivity contribution in [1.29, 1.82) is 0 Å². The lowest BCUT2D eigenvalue weighted by Crippen LogP contribution is -2.50. The lowest BCUT2D eigenvalue weighted by atomic mass is 10.0.